The molecule has 0 aliphatic carbocycles. The highest BCUT2D eigenvalue weighted by atomic mass is 32.3. The van der Waals surface area contributed by atoms with E-state index in [1.54, 1.807) is 0 Å². The first-order valence-electron chi connectivity index (χ1n) is 12.3. The van der Waals surface area contributed by atoms with Gasteiger partial charge in [-0.2, -0.15) is 52.7 Å². The summed E-state index contributed by atoms with van der Waals surface area (Å²) in [5.74, 6) is 0. The van der Waals surface area contributed by atoms with Gasteiger partial charge in [-0.1, -0.05) is 0 Å². The van der Waals surface area contributed by atoms with Crippen LogP contribution in [0, 0.1) is 0 Å². The normalized spacial score (nSPS) is 13.6. The average molecular weight is 841 g/mol. The summed E-state index contributed by atoms with van der Waals surface area (Å²) in [7, 11) is -26.9. The first-order chi connectivity index (χ1) is 22.2. The van der Waals surface area contributed by atoms with Crippen LogP contribution in [0.3, 0.4) is 0 Å². The molecule has 294 valence electrons. The Morgan fingerprint density at radius 1 is 0.500 bits per heavy atom. The number of aliphatic hydroxyl groups is 2. The number of aliphatic hydroxyl groups excluding tert-OH is 2. The Kier molecular flexibility index (Phi) is 16.6. The van der Waals surface area contributed by atoms with Gasteiger partial charge in [0, 0.05) is 0 Å². The largest absolute Gasteiger partial charge is 0.480 e. The van der Waals surface area contributed by atoms with E-state index >= 15 is 0 Å². The van der Waals surface area contributed by atoms with Gasteiger partial charge in [0.1, 0.15) is 37.9 Å². The first-order valence-corrected chi connectivity index (χ1v) is 18.0. The second kappa shape index (κ2) is 17.6. The summed E-state index contributed by atoms with van der Waals surface area (Å²) in [5.41, 5.74) is -24.8. The number of halogens is 12. The number of hydrogen-bond donors (Lipinski definition) is 2. The summed E-state index contributed by atoms with van der Waals surface area (Å²) < 4.78 is 227. The number of nitrogens with zero attached hydrogens (tertiary/aromatic N) is 6. The summed E-state index contributed by atoms with van der Waals surface area (Å²) in [6.07, 6.45) is 14.3. The van der Waals surface area contributed by atoms with Crippen LogP contribution in [0.25, 0.3) is 8.25 Å². The molecule has 0 unspecified atom stereocenters. The second-order valence-corrected chi connectivity index (χ2v) is 15.6. The number of aromatic nitrogens is 4. The molecule has 0 radical (unpaired) electrons. The fourth-order valence-electron chi connectivity index (χ4n) is 2.65. The second-order valence-electron chi connectivity index (χ2n) is 8.77. The molecule has 2 aromatic rings. The molecule has 2 aromatic heterocycles. The van der Waals surface area contributed by atoms with Crippen LogP contribution in [0.15, 0.2) is 37.4 Å². The predicted molar refractivity (Wildman–Crippen MR) is 139 cm³/mol. The molecule has 2 rings (SSSR count). The first kappa shape index (κ1) is 47.2. The SMILES string of the molecule is O=S(=O)([N-]S(=O)(=O)C(F)(F)F)C(F)(F)F.O=S(=O)([N-]S(=O)(=O)C(F)(F)F)C(F)(F)F.OCCn1cc[n+](CCCC[n+]2ccn(CCO)c2)c1. The Balaban J connectivity index is 0.000000735. The van der Waals surface area contributed by atoms with Crippen LogP contribution in [0.2, 0.25) is 0 Å². The molecule has 16 nitrogen and oxygen atoms in total. The van der Waals surface area contributed by atoms with Crippen molar-refractivity contribution < 1.29 is 106 Å². The Morgan fingerprint density at radius 2 is 0.740 bits per heavy atom. The number of hydrogen-bond acceptors (Lipinski definition) is 10. The third-order valence-corrected chi connectivity index (χ3v) is 10.3. The summed E-state index contributed by atoms with van der Waals surface area (Å²) in [4.78, 5) is 0. The van der Waals surface area contributed by atoms with E-state index in [2.05, 4.69) is 9.13 Å². The van der Waals surface area contributed by atoms with Gasteiger partial charge >= 0.3 is 22.0 Å². The van der Waals surface area contributed by atoms with Gasteiger partial charge in [-0.25, -0.2) is 51.9 Å². The number of rotatable bonds is 13. The zero-order valence-electron chi connectivity index (χ0n) is 24.1. The van der Waals surface area contributed by atoms with Crippen LogP contribution >= 0.6 is 0 Å². The summed E-state index contributed by atoms with van der Waals surface area (Å²) in [6.45, 7) is 3.65. The number of alkyl halides is 12. The van der Waals surface area contributed by atoms with Crippen molar-refractivity contribution in [1.29, 1.82) is 0 Å². The minimum atomic E-state index is -6.72. The maximum absolute atomic E-state index is 11.4. The van der Waals surface area contributed by atoms with Crippen molar-refractivity contribution in [2.75, 3.05) is 13.2 Å². The lowest BCUT2D eigenvalue weighted by Gasteiger charge is -2.22. The van der Waals surface area contributed by atoms with Crippen LogP contribution in [0.4, 0.5) is 52.7 Å². The van der Waals surface area contributed by atoms with Crippen LogP contribution < -0.4 is 9.13 Å². The smallest absolute Gasteiger partial charge is 0.421 e. The van der Waals surface area contributed by atoms with Crippen molar-refractivity contribution in [2.45, 2.75) is 61.1 Å². The zero-order chi connectivity index (χ0) is 39.6. The molecule has 0 aliphatic heterocycles. The van der Waals surface area contributed by atoms with Crippen molar-refractivity contribution in [3.05, 3.63) is 45.7 Å². The Bertz CT molecular complexity index is 1590. The lowest BCUT2D eigenvalue weighted by Crippen LogP contribution is -2.34. The van der Waals surface area contributed by atoms with Crippen molar-refractivity contribution in [1.82, 2.24) is 9.13 Å². The van der Waals surface area contributed by atoms with E-state index in [-0.39, 0.29) is 13.2 Å². The molecule has 0 saturated carbocycles. The van der Waals surface area contributed by atoms with E-state index in [1.165, 1.54) is 0 Å². The molecule has 0 spiro atoms. The van der Waals surface area contributed by atoms with Crippen molar-refractivity contribution in [3.8, 4) is 0 Å². The summed E-state index contributed by atoms with van der Waals surface area (Å²) >= 11 is 0. The quantitative estimate of drug-likeness (QED) is 0.168. The van der Waals surface area contributed by atoms with Gasteiger partial charge in [0.2, 0.25) is 12.7 Å². The molecule has 50 heavy (non-hydrogen) atoms. The molecule has 0 saturated heterocycles. The molecule has 0 atom stereocenters. The van der Waals surface area contributed by atoms with Gasteiger partial charge in [-0.05, 0) is 12.8 Å². The van der Waals surface area contributed by atoms with Crippen molar-refractivity contribution in [3.63, 3.8) is 0 Å². The van der Waals surface area contributed by atoms with Crippen molar-refractivity contribution in [2.24, 2.45) is 0 Å². The maximum Gasteiger partial charge on any atom is 0.480 e. The van der Waals surface area contributed by atoms with Crippen LogP contribution in [-0.2, 0) is 66.3 Å². The lowest BCUT2D eigenvalue weighted by atomic mass is 10.3. The van der Waals surface area contributed by atoms with Gasteiger partial charge < -0.3 is 18.5 Å². The summed E-state index contributed by atoms with van der Waals surface area (Å²) in [6, 6.07) is 0. The van der Waals surface area contributed by atoms with Crippen LogP contribution in [-0.4, -0.2) is 88.3 Å². The Hall–Kier alpha value is -2.78. The molecule has 0 amide bonds. The zero-order valence-corrected chi connectivity index (χ0v) is 27.4. The highest BCUT2D eigenvalue weighted by molar-refractivity contribution is 8.13. The molecule has 0 fully saturated rings. The number of imidazole rings is 2. The average Bonchev–Trinajstić information content (AvgIpc) is 3.53. The van der Waals surface area contributed by atoms with Gasteiger partial charge in [0.15, 0.2) is 40.1 Å². The van der Waals surface area contributed by atoms with Crippen molar-refractivity contribution >= 4 is 40.1 Å². The molecule has 0 aliphatic rings. The van der Waals surface area contributed by atoms with E-state index in [0.717, 1.165) is 34.2 Å². The minimum absolute atomic E-state index is 0.177. The molecule has 0 bridgehead atoms. The van der Waals surface area contributed by atoms with E-state index < -0.39 is 62.1 Å². The standard InChI is InChI=1S/C14H24N4O2.2C2F6NO4S2/c19-11-9-17-7-5-15(13-17)3-1-2-4-16-6-8-18(14-16)10-12-20;2*3-1(4,5)14(10,11)9-15(12,13)2(6,7)8/h5-8,13-14,19-20H,1-4,9-12H2;;/q+2;2*-1. The van der Waals surface area contributed by atoms with Crippen LogP contribution in [0.1, 0.15) is 12.8 Å². The maximum atomic E-state index is 11.4. The molecule has 2 heterocycles. The molecule has 2 N–H and O–H groups in total. The van der Waals surface area contributed by atoms with Gasteiger partial charge in [0.25, 0.3) is 0 Å². The highest BCUT2D eigenvalue weighted by Gasteiger charge is 2.48. The molecular weight excluding hydrogens is 816 g/mol. The van der Waals surface area contributed by atoms with Gasteiger partial charge in [0.05, 0.1) is 26.3 Å². The topological polar surface area (TPSA) is 223 Å². The van der Waals surface area contributed by atoms with Crippen LogP contribution in [0.5, 0.6) is 0 Å². The highest BCUT2D eigenvalue weighted by Crippen LogP contribution is 2.37. The van der Waals surface area contributed by atoms with E-state index in [9.17, 15) is 86.4 Å². The Morgan fingerprint density at radius 3 is 0.940 bits per heavy atom. The lowest BCUT2D eigenvalue weighted by molar-refractivity contribution is -0.707. The van der Waals surface area contributed by atoms with Gasteiger partial charge in [-0.3, -0.25) is 0 Å². The molecule has 0 aromatic carbocycles. The summed E-state index contributed by atoms with van der Waals surface area (Å²) in [5, 5.41) is 17.7. The fraction of sp³-hybridized carbons (Fsp3) is 0.667. The monoisotopic (exact) mass is 840 g/mol. The minimum Gasteiger partial charge on any atom is -0.421 e. The molecular formula is C18H24F12N6O10S4. The number of unbranched alkanes of at least 4 members (excludes halogenated alkanes) is 1. The van der Waals surface area contributed by atoms with E-state index in [1.807, 2.05) is 46.6 Å². The predicted octanol–water partition coefficient (Wildman–Crippen LogP) is 1.45. The third-order valence-electron chi connectivity index (χ3n) is 4.85. The Labute approximate surface area is 274 Å². The third kappa shape index (κ3) is 15.2. The van der Waals surface area contributed by atoms with Gasteiger partial charge in [-0.15, -0.1) is 0 Å². The fourth-order valence-corrected chi connectivity index (χ4v) is 6.07. The van der Waals surface area contributed by atoms with E-state index in [4.69, 9.17) is 10.2 Å². The van der Waals surface area contributed by atoms with E-state index in [0.29, 0.717) is 13.1 Å². The molecule has 32 heteroatoms. The number of aryl methyl sites for hydroxylation is 2. The number of sulfonamides is 4.